The summed E-state index contributed by atoms with van der Waals surface area (Å²) >= 11 is 0. The highest BCUT2D eigenvalue weighted by Crippen LogP contribution is 2.16. The van der Waals surface area contributed by atoms with Crippen LogP contribution in [0.2, 0.25) is 0 Å². The van der Waals surface area contributed by atoms with E-state index in [0.29, 0.717) is 11.5 Å². The van der Waals surface area contributed by atoms with Crippen LogP contribution < -0.4 is 0 Å². The maximum absolute atomic E-state index is 11.4. The molecule has 0 aromatic rings. The molecule has 0 aliphatic heterocycles. The molecule has 0 amide bonds. The smallest absolute Gasteiger partial charge is 0.333 e. The van der Waals surface area contributed by atoms with Crippen LogP contribution in [0.3, 0.4) is 0 Å². The summed E-state index contributed by atoms with van der Waals surface area (Å²) < 4.78 is 5.43. The van der Waals surface area contributed by atoms with Crippen molar-refractivity contribution in [2.45, 2.75) is 65.9 Å². The van der Waals surface area contributed by atoms with Gasteiger partial charge in [0.2, 0.25) is 0 Å². The quantitative estimate of drug-likeness (QED) is 0.354. The van der Waals surface area contributed by atoms with Crippen molar-refractivity contribution in [2.24, 2.45) is 5.92 Å². The van der Waals surface area contributed by atoms with Gasteiger partial charge in [-0.15, -0.1) is 0 Å². The first kappa shape index (κ1) is 15.2. The largest absolute Gasteiger partial charge is 0.459 e. The Bertz CT molecular complexity index is 219. The topological polar surface area (TPSA) is 26.3 Å². The van der Waals surface area contributed by atoms with Gasteiger partial charge in [0.25, 0.3) is 0 Å². The molecule has 0 fully saturated rings. The summed E-state index contributed by atoms with van der Waals surface area (Å²) in [5.74, 6) is 0.312. The van der Waals surface area contributed by atoms with Gasteiger partial charge in [-0.1, -0.05) is 40.2 Å². The van der Waals surface area contributed by atoms with E-state index in [1.54, 1.807) is 6.92 Å². The molecule has 0 aromatic carbocycles. The molecule has 0 rings (SSSR count). The Balaban J connectivity index is 4.09. The van der Waals surface area contributed by atoms with Crippen LogP contribution in [0.1, 0.15) is 59.8 Å². The number of ether oxygens (including phenoxy) is 1. The van der Waals surface area contributed by atoms with Gasteiger partial charge < -0.3 is 4.74 Å². The molecule has 1 unspecified atom stereocenters. The van der Waals surface area contributed by atoms with Crippen molar-refractivity contribution in [3.63, 3.8) is 0 Å². The van der Waals surface area contributed by atoms with Crippen LogP contribution in [0.5, 0.6) is 0 Å². The van der Waals surface area contributed by atoms with Crippen molar-refractivity contribution in [3.8, 4) is 0 Å². The molecule has 0 saturated heterocycles. The third-order valence-electron chi connectivity index (χ3n) is 2.49. The minimum Gasteiger partial charge on any atom is -0.459 e. The van der Waals surface area contributed by atoms with E-state index in [9.17, 15) is 4.79 Å². The average molecular weight is 226 g/mol. The van der Waals surface area contributed by atoms with Crippen molar-refractivity contribution < 1.29 is 9.53 Å². The highest BCUT2D eigenvalue weighted by atomic mass is 16.5. The van der Waals surface area contributed by atoms with Crippen molar-refractivity contribution in [1.29, 1.82) is 0 Å². The molecule has 16 heavy (non-hydrogen) atoms. The predicted molar refractivity (Wildman–Crippen MR) is 68.3 cm³/mol. The average Bonchev–Trinajstić information content (AvgIpc) is 2.16. The van der Waals surface area contributed by atoms with Gasteiger partial charge in [-0.25, -0.2) is 4.79 Å². The molecule has 0 aromatic heterocycles. The Kier molecular flexibility index (Phi) is 7.96. The Labute approximate surface area is 100 Å². The minimum atomic E-state index is -0.248. The number of carbonyl (C=O) groups is 1. The molecule has 2 nitrogen and oxygen atoms in total. The highest BCUT2D eigenvalue weighted by Gasteiger charge is 2.15. The molecule has 0 N–H and O–H groups in total. The third-order valence-corrected chi connectivity index (χ3v) is 2.49. The van der Waals surface area contributed by atoms with Crippen LogP contribution in [0.15, 0.2) is 12.2 Å². The predicted octanol–water partition coefficient (Wildman–Crippen LogP) is 4.10. The maximum Gasteiger partial charge on any atom is 0.333 e. The van der Waals surface area contributed by atoms with Crippen LogP contribution in [-0.4, -0.2) is 12.1 Å². The van der Waals surface area contributed by atoms with E-state index in [1.165, 1.54) is 12.8 Å². The van der Waals surface area contributed by atoms with Gasteiger partial charge in [-0.05, 0) is 32.1 Å². The fraction of sp³-hybridized carbons (Fsp3) is 0.786. The van der Waals surface area contributed by atoms with Gasteiger partial charge in [-0.3, -0.25) is 0 Å². The second kappa shape index (κ2) is 8.37. The van der Waals surface area contributed by atoms with Crippen LogP contribution in [0.4, 0.5) is 0 Å². The van der Waals surface area contributed by atoms with E-state index in [-0.39, 0.29) is 12.1 Å². The fourth-order valence-electron chi connectivity index (χ4n) is 1.62. The lowest BCUT2D eigenvalue weighted by Gasteiger charge is -2.19. The molecule has 0 heterocycles. The summed E-state index contributed by atoms with van der Waals surface area (Å²) in [5, 5.41) is 0. The third kappa shape index (κ3) is 7.49. The molecule has 0 bridgehead atoms. The standard InChI is InChI=1S/C14H26O2/c1-6-7-8-9-13(10-11(2)3)16-14(15)12(4)5/h11,13H,4,6-10H2,1-3,5H3. The van der Waals surface area contributed by atoms with Gasteiger partial charge in [0.05, 0.1) is 0 Å². The van der Waals surface area contributed by atoms with E-state index >= 15 is 0 Å². The van der Waals surface area contributed by atoms with Crippen molar-refractivity contribution in [3.05, 3.63) is 12.2 Å². The number of hydrogen-bond donors (Lipinski definition) is 0. The molecule has 0 aliphatic rings. The van der Waals surface area contributed by atoms with Gasteiger partial charge in [0.15, 0.2) is 0 Å². The molecular formula is C14H26O2. The summed E-state index contributed by atoms with van der Waals surface area (Å²) in [6.07, 6.45) is 5.53. The first-order valence-corrected chi connectivity index (χ1v) is 6.33. The number of esters is 1. The lowest BCUT2D eigenvalue weighted by atomic mass is 10.0. The van der Waals surface area contributed by atoms with Crippen LogP contribution in [0.25, 0.3) is 0 Å². The first-order valence-electron chi connectivity index (χ1n) is 6.33. The summed E-state index contributed by atoms with van der Waals surface area (Å²) in [5.41, 5.74) is 0.490. The maximum atomic E-state index is 11.4. The van der Waals surface area contributed by atoms with Gasteiger partial charge in [0.1, 0.15) is 6.10 Å². The lowest BCUT2D eigenvalue weighted by molar-refractivity contribution is -0.145. The molecule has 0 saturated carbocycles. The Morgan fingerprint density at radius 2 is 1.94 bits per heavy atom. The summed E-state index contributed by atoms with van der Waals surface area (Å²) in [6, 6.07) is 0. The minimum absolute atomic E-state index is 0.0655. The van der Waals surface area contributed by atoms with Crippen LogP contribution in [0, 0.1) is 5.92 Å². The summed E-state index contributed by atoms with van der Waals surface area (Å²) in [7, 11) is 0. The Morgan fingerprint density at radius 3 is 2.38 bits per heavy atom. The van der Waals surface area contributed by atoms with E-state index in [1.807, 2.05) is 0 Å². The molecule has 2 heteroatoms. The van der Waals surface area contributed by atoms with Gasteiger partial charge in [-0.2, -0.15) is 0 Å². The van der Waals surface area contributed by atoms with E-state index < -0.39 is 0 Å². The lowest BCUT2D eigenvalue weighted by Crippen LogP contribution is -2.20. The highest BCUT2D eigenvalue weighted by molar-refractivity contribution is 5.87. The van der Waals surface area contributed by atoms with Crippen molar-refractivity contribution in [2.75, 3.05) is 0 Å². The zero-order chi connectivity index (χ0) is 12.6. The van der Waals surface area contributed by atoms with E-state index in [4.69, 9.17) is 4.74 Å². The molecule has 0 spiro atoms. The Morgan fingerprint density at radius 1 is 1.31 bits per heavy atom. The normalized spacial score (nSPS) is 12.6. The molecule has 0 radical (unpaired) electrons. The molecule has 0 aliphatic carbocycles. The monoisotopic (exact) mass is 226 g/mol. The second-order valence-electron chi connectivity index (χ2n) is 4.93. The number of hydrogen-bond acceptors (Lipinski definition) is 2. The summed E-state index contributed by atoms with van der Waals surface area (Å²) in [6.45, 7) is 11.8. The number of unbranched alkanes of at least 4 members (excludes halogenated alkanes) is 2. The second-order valence-corrected chi connectivity index (χ2v) is 4.93. The van der Waals surface area contributed by atoms with E-state index in [0.717, 1.165) is 19.3 Å². The van der Waals surface area contributed by atoms with Crippen molar-refractivity contribution in [1.82, 2.24) is 0 Å². The van der Waals surface area contributed by atoms with Crippen LogP contribution >= 0.6 is 0 Å². The van der Waals surface area contributed by atoms with Gasteiger partial charge in [0, 0.05) is 5.57 Å². The number of carbonyl (C=O) groups excluding carboxylic acids is 1. The van der Waals surface area contributed by atoms with Gasteiger partial charge >= 0.3 is 5.97 Å². The van der Waals surface area contributed by atoms with Crippen LogP contribution in [-0.2, 0) is 9.53 Å². The molecule has 1 atom stereocenters. The SMILES string of the molecule is C=C(C)C(=O)OC(CCCCC)CC(C)C. The molecule has 94 valence electrons. The first-order chi connectivity index (χ1) is 7.47. The number of rotatable bonds is 8. The summed E-state index contributed by atoms with van der Waals surface area (Å²) in [4.78, 5) is 11.4. The zero-order valence-electron chi connectivity index (χ0n) is 11.2. The molecular weight excluding hydrogens is 200 g/mol. The zero-order valence-corrected chi connectivity index (χ0v) is 11.2. The fourth-order valence-corrected chi connectivity index (χ4v) is 1.62. The Hall–Kier alpha value is -0.790. The van der Waals surface area contributed by atoms with E-state index in [2.05, 4.69) is 27.4 Å². The van der Waals surface area contributed by atoms with Crippen molar-refractivity contribution >= 4 is 5.97 Å².